The second-order valence-electron chi connectivity index (χ2n) is 15.5. The standard InChI is InChI=1S/C43H52N2O9Si/c1-43(2,3)54-42(50)44-36(39(46)47)25-32-18-13-19-33(24-32)34-20-21-38(52-28-30-14-9-7-10-15-30)35(26-34)27-37(40(48)51-22-23-55(4,5)6)45-41(49)53-29-31-16-11-8-12-17-31/h7-21,24,26,36-37H,22-23,25,27-29H2,1-6H3,(H,44,50)(H,45,49)(H,46,47)/t36-,37-/m0/s1. The first-order valence-corrected chi connectivity index (χ1v) is 22.0. The smallest absolute Gasteiger partial charge is 0.408 e. The zero-order chi connectivity index (χ0) is 40.0. The van der Waals surface area contributed by atoms with E-state index in [9.17, 15) is 24.3 Å². The third-order valence-electron chi connectivity index (χ3n) is 8.30. The van der Waals surface area contributed by atoms with Crippen LogP contribution in [0.5, 0.6) is 5.75 Å². The second kappa shape index (κ2) is 19.6. The van der Waals surface area contributed by atoms with E-state index >= 15 is 0 Å². The first-order chi connectivity index (χ1) is 26.0. The molecule has 0 bridgehead atoms. The highest BCUT2D eigenvalue weighted by Crippen LogP contribution is 2.30. The zero-order valence-corrected chi connectivity index (χ0v) is 33.4. The molecule has 2 atom stereocenters. The van der Waals surface area contributed by atoms with Crippen molar-refractivity contribution in [2.45, 2.75) is 90.2 Å². The van der Waals surface area contributed by atoms with Crippen molar-refractivity contribution in [1.82, 2.24) is 10.6 Å². The van der Waals surface area contributed by atoms with Gasteiger partial charge in [0, 0.05) is 20.9 Å². The molecule has 292 valence electrons. The number of alkyl carbamates (subject to hydrolysis) is 2. The Labute approximate surface area is 324 Å². The van der Waals surface area contributed by atoms with Crippen LogP contribution in [-0.4, -0.2) is 61.6 Å². The summed E-state index contributed by atoms with van der Waals surface area (Å²) in [4.78, 5) is 51.3. The summed E-state index contributed by atoms with van der Waals surface area (Å²) in [5.41, 5.74) is 3.77. The van der Waals surface area contributed by atoms with E-state index in [2.05, 4.69) is 30.3 Å². The number of esters is 1. The minimum absolute atomic E-state index is 0.00783. The number of carbonyl (C=O) groups is 4. The Bertz CT molecular complexity index is 1890. The number of carbonyl (C=O) groups excluding carboxylic acids is 3. The predicted octanol–water partition coefficient (Wildman–Crippen LogP) is 8.17. The number of carboxylic acids is 1. The van der Waals surface area contributed by atoms with Gasteiger partial charge in [-0.1, -0.05) is 111 Å². The van der Waals surface area contributed by atoms with Crippen LogP contribution in [0.1, 0.15) is 43.0 Å². The first-order valence-electron chi connectivity index (χ1n) is 18.3. The molecule has 0 radical (unpaired) electrons. The van der Waals surface area contributed by atoms with Gasteiger partial charge in [0.1, 0.15) is 36.6 Å². The molecule has 0 aromatic heterocycles. The van der Waals surface area contributed by atoms with Crippen LogP contribution in [0.4, 0.5) is 9.59 Å². The molecule has 4 rings (SSSR count). The highest BCUT2D eigenvalue weighted by molar-refractivity contribution is 6.76. The lowest BCUT2D eigenvalue weighted by atomic mass is 9.96. The summed E-state index contributed by atoms with van der Waals surface area (Å²) < 4.78 is 22.8. The largest absolute Gasteiger partial charge is 0.489 e. The number of aliphatic carboxylic acids is 1. The normalized spacial score (nSPS) is 12.5. The monoisotopic (exact) mass is 768 g/mol. The average Bonchev–Trinajstić information content (AvgIpc) is 3.12. The Morgan fingerprint density at radius 1 is 0.673 bits per heavy atom. The van der Waals surface area contributed by atoms with Crippen molar-refractivity contribution >= 4 is 32.2 Å². The fourth-order valence-electron chi connectivity index (χ4n) is 5.44. The molecular weight excluding hydrogens is 717 g/mol. The molecule has 55 heavy (non-hydrogen) atoms. The maximum atomic E-state index is 13.6. The van der Waals surface area contributed by atoms with Crippen LogP contribution in [0.3, 0.4) is 0 Å². The van der Waals surface area contributed by atoms with Gasteiger partial charge in [-0.25, -0.2) is 19.2 Å². The molecule has 0 spiro atoms. The summed E-state index contributed by atoms with van der Waals surface area (Å²) in [6.07, 6.45) is -1.55. The van der Waals surface area contributed by atoms with E-state index in [1.807, 2.05) is 91.0 Å². The molecule has 12 heteroatoms. The highest BCUT2D eigenvalue weighted by atomic mass is 28.3. The van der Waals surface area contributed by atoms with E-state index < -0.39 is 49.9 Å². The van der Waals surface area contributed by atoms with Crippen LogP contribution in [0.2, 0.25) is 25.7 Å². The van der Waals surface area contributed by atoms with Gasteiger partial charge in [0.2, 0.25) is 0 Å². The van der Waals surface area contributed by atoms with Crippen LogP contribution in [0.25, 0.3) is 11.1 Å². The van der Waals surface area contributed by atoms with E-state index in [0.29, 0.717) is 16.9 Å². The molecule has 0 saturated heterocycles. The van der Waals surface area contributed by atoms with Gasteiger partial charge in [0.15, 0.2) is 0 Å². The molecule has 4 aromatic carbocycles. The van der Waals surface area contributed by atoms with Crippen molar-refractivity contribution in [3.05, 3.63) is 125 Å². The molecule has 4 aromatic rings. The van der Waals surface area contributed by atoms with E-state index in [1.54, 1.807) is 32.9 Å². The van der Waals surface area contributed by atoms with E-state index in [-0.39, 0.29) is 32.7 Å². The number of carboxylic acid groups (broad SMARTS) is 1. The summed E-state index contributed by atoms with van der Waals surface area (Å²) in [7, 11) is -1.52. The van der Waals surface area contributed by atoms with Gasteiger partial charge in [-0.15, -0.1) is 0 Å². The van der Waals surface area contributed by atoms with Gasteiger partial charge in [-0.3, -0.25) is 0 Å². The maximum Gasteiger partial charge on any atom is 0.408 e. The van der Waals surface area contributed by atoms with E-state index in [1.165, 1.54) is 0 Å². The second-order valence-corrected chi connectivity index (χ2v) is 21.1. The molecule has 3 N–H and O–H groups in total. The van der Waals surface area contributed by atoms with Gasteiger partial charge in [0.05, 0.1) is 6.61 Å². The number of hydrogen-bond donors (Lipinski definition) is 3. The van der Waals surface area contributed by atoms with Crippen molar-refractivity contribution in [2.75, 3.05) is 6.61 Å². The molecule has 0 saturated carbocycles. The highest BCUT2D eigenvalue weighted by Gasteiger charge is 2.27. The van der Waals surface area contributed by atoms with E-state index in [0.717, 1.165) is 28.3 Å². The summed E-state index contributed by atoms with van der Waals surface area (Å²) in [6, 6.07) is 30.2. The fraction of sp³-hybridized carbons (Fsp3) is 0.349. The molecule has 0 aliphatic carbocycles. The number of amides is 2. The molecule has 11 nitrogen and oxygen atoms in total. The van der Waals surface area contributed by atoms with Gasteiger partial charge in [-0.05, 0) is 72.3 Å². The minimum atomic E-state index is -1.52. The number of hydrogen-bond acceptors (Lipinski definition) is 8. The lowest BCUT2D eigenvalue weighted by Crippen LogP contribution is -2.44. The Morgan fingerprint density at radius 2 is 1.27 bits per heavy atom. The number of benzene rings is 4. The van der Waals surface area contributed by atoms with Crippen molar-refractivity contribution in [2.24, 2.45) is 0 Å². The Kier molecular flexibility index (Phi) is 15.0. The Balaban J connectivity index is 1.63. The maximum absolute atomic E-state index is 13.6. The molecule has 2 amide bonds. The number of ether oxygens (including phenoxy) is 4. The van der Waals surface area contributed by atoms with Gasteiger partial charge < -0.3 is 34.7 Å². The van der Waals surface area contributed by atoms with Crippen molar-refractivity contribution in [3.8, 4) is 16.9 Å². The first kappa shape index (κ1) is 42.1. The lowest BCUT2D eigenvalue weighted by molar-refractivity contribution is -0.145. The third kappa shape index (κ3) is 15.0. The fourth-order valence-corrected chi connectivity index (χ4v) is 6.15. The molecule has 0 aliphatic heterocycles. The van der Waals surface area contributed by atoms with Crippen LogP contribution in [0, 0.1) is 0 Å². The minimum Gasteiger partial charge on any atom is -0.489 e. The van der Waals surface area contributed by atoms with Gasteiger partial charge >= 0.3 is 24.1 Å². The topological polar surface area (TPSA) is 149 Å². The van der Waals surface area contributed by atoms with Crippen molar-refractivity contribution in [3.63, 3.8) is 0 Å². The summed E-state index contributed by atoms with van der Waals surface area (Å²) in [5.74, 6) is -1.28. The Hall–Kier alpha value is -5.62. The van der Waals surface area contributed by atoms with Crippen LogP contribution in [0.15, 0.2) is 103 Å². The molecule has 0 aliphatic rings. The third-order valence-corrected chi connectivity index (χ3v) is 10.0. The van der Waals surface area contributed by atoms with Gasteiger partial charge in [-0.2, -0.15) is 0 Å². The quantitative estimate of drug-likeness (QED) is 0.0549. The predicted molar refractivity (Wildman–Crippen MR) is 214 cm³/mol. The molecule has 0 fully saturated rings. The summed E-state index contributed by atoms with van der Waals surface area (Å²) in [6.45, 7) is 12.2. The lowest BCUT2D eigenvalue weighted by Gasteiger charge is -2.22. The van der Waals surface area contributed by atoms with Crippen LogP contribution >= 0.6 is 0 Å². The van der Waals surface area contributed by atoms with E-state index in [4.69, 9.17) is 18.9 Å². The Morgan fingerprint density at radius 3 is 1.89 bits per heavy atom. The molecular formula is C43H52N2O9Si. The summed E-state index contributed by atoms with van der Waals surface area (Å²) >= 11 is 0. The summed E-state index contributed by atoms with van der Waals surface area (Å²) in [5, 5.41) is 15.1. The number of rotatable bonds is 17. The SMILES string of the molecule is CC(C)(C)OC(=O)N[C@@H](Cc1cccc(-c2ccc(OCc3ccccc3)c(C[C@H](NC(=O)OCc3ccccc3)C(=O)OCC[Si](C)(C)C)c2)c1)C(=O)O. The van der Waals surface area contributed by atoms with Crippen molar-refractivity contribution < 1.29 is 43.2 Å². The van der Waals surface area contributed by atoms with Crippen molar-refractivity contribution in [1.29, 1.82) is 0 Å². The zero-order valence-electron chi connectivity index (χ0n) is 32.4. The molecule has 0 heterocycles. The number of nitrogens with one attached hydrogen (secondary N) is 2. The molecule has 0 unspecified atom stereocenters. The van der Waals surface area contributed by atoms with Crippen LogP contribution in [-0.2, 0) is 49.9 Å². The van der Waals surface area contributed by atoms with Crippen LogP contribution < -0.4 is 15.4 Å². The van der Waals surface area contributed by atoms with Gasteiger partial charge in [0.25, 0.3) is 0 Å². The average molecular weight is 769 g/mol.